The second kappa shape index (κ2) is 8.64. The minimum atomic E-state index is -0.239. The van der Waals surface area contributed by atoms with Crippen molar-refractivity contribution >= 4 is 23.0 Å². The van der Waals surface area contributed by atoms with Crippen LogP contribution >= 0.6 is 12.2 Å². The third kappa shape index (κ3) is 5.20. The van der Waals surface area contributed by atoms with Gasteiger partial charge < -0.3 is 15.4 Å². The van der Waals surface area contributed by atoms with Gasteiger partial charge in [-0.15, -0.1) is 0 Å². The quantitative estimate of drug-likeness (QED) is 0.728. The number of benzene rings is 2. The first kappa shape index (κ1) is 18.2. The van der Waals surface area contributed by atoms with Crippen LogP contribution < -0.4 is 15.4 Å². The first-order chi connectivity index (χ1) is 11.5. The smallest absolute Gasteiger partial charge is 0.171 e. The lowest BCUT2D eigenvalue weighted by Crippen LogP contribution is -2.34. The van der Waals surface area contributed by atoms with Gasteiger partial charge in [0.05, 0.1) is 12.6 Å². The number of nitrogens with one attached hydrogen (secondary N) is 2. The van der Waals surface area contributed by atoms with Gasteiger partial charge in [-0.3, -0.25) is 0 Å². The van der Waals surface area contributed by atoms with Crippen molar-refractivity contribution in [3.05, 3.63) is 59.9 Å². The van der Waals surface area contributed by atoms with E-state index in [1.807, 2.05) is 31.2 Å². The summed E-state index contributed by atoms with van der Waals surface area (Å²) in [4.78, 5) is 0. The molecule has 2 aromatic carbocycles. The largest absolute Gasteiger partial charge is 0.494 e. The Kier molecular flexibility index (Phi) is 6.55. The van der Waals surface area contributed by atoms with E-state index in [1.54, 1.807) is 12.1 Å². The average Bonchev–Trinajstić information content (AvgIpc) is 2.55. The molecule has 0 aliphatic rings. The molecule has 0 unspecified atom stereocenters. The monoisotopic (exact) mass is 346 g/mol. The van der Waals surface area contributed by atoms with E-state index in [-0.39, 0.29) is 11.9 Å². The Labute approximate surface area is 148 Å². The Balaban J connectivity index is 2.01. The number of halogens is 1. The van der Waals surface area contributed by atoms with Crippen molar-refractivity contribution in [3.63, 3.8) is 0 Å². The van der Waals surface area contributed by atoms with E-state index in [0.717, 1.165) is 17.0 Å². The van der Waals surface area contributed by atoms with Crippen molar-refractivity contribution in [2.24, 2.45) is 5.92 Å². The first-order valence-electron chi connectivity index (χ1n) is 8.05. The minimum Gasteiger partial charge on any atom is -0.494 e. The SMILES string of the molecule is CCOc1ccc(NC(=S)N[C@H](c2ccc(F)cc2)C(C)C)cc1. The molecule has 2 N–H and O–H groups in total. The Bertz CT molecular complexity index is 656. The van der Waals surface area contributed by atoms with Gasteiger partial charge in [0.15, 0.2) is 5.11 Å². The summed E-state index contributed by atoms with van der Waals surface area (Å²) >= 11 is 5.41. The summed E-state index contributed by atoms with van der Waals surface area (Å²) in [6.07, 6.45) is 0. The van der Waals surface area contributed by atoms with Crippen molar-refractivity contribution in [2.45, 2.75) is 26.8 Å². The van der Waals surface area contributed by atoms with Gasteiger partial charge in [0, 0.05) is 5.69 Å². The first-order valence-corrected chi connectivity index (χ1v) is 8.46. The molecule has 5 heteroatoms. The number of ether oxygens (including phenoxy) is 1. The maximum absolute atomic E-state index is 13.1. The Hall–Kier alpha value is -2.14. The van der Waals surface area contributed by atoms with Crippen LogP contribution in [0.3, 0.4) is 0 Å². The van der Waals surface area contributed by atoms with E-state index in [1.165, 1.54) is 12.1 Å². The summed E-state index contributed by atoms with van der Waals surface area (Å²) in [6, 6.07) is 14.1. The van der Waals surface area contributed by atoms with E-state index in [9.17, 15) is 4.39 Å². The zero-order chi connectivity index (χ0) is 17.5. The Morgan fingerprint density at radius 1 is 1.08 bits per heavy atom. The minimum absolute atomic E-state index is 0.00768. The molecule has 0 radical (unpaired) electrons. The van der Waals surface area contributed by atoms with E-state index in [4.69, 9.17) is 17.0 Å². The van der Waals surface area contributed by atoms with Crippen LogP contribution in [-0.2, 0) is 0 Å². The van der Waals surface area contributed by atoms with Crippen LogP contribution in [0.15, 0.2) is 48.5 Å². The van der Waals surface area contributed by atoms with E-state index < -0.39 is 0 Å². The van der Waals surface area contributed by atoms with Crippen LogP contribution in [-0.4, -0.2) is 11.7 Å². The predicted octanol–water partition coefficient (Wildman–Crippen LogP) is 4.91. The lowest BCUT2D eigenvalue weighted by atomic mass is 9.96. The number of hydrogen-bond acceptors (Lipinski definition) is 2. The van der Waals surface area contributed by atoms with E-state index in [2.05, 4.69) is 24.5 Å². The molecule has 0 saturated carbocycles. The van der Waals surface area contributed by atoms with Crippen LogP contribution in [0.2, 0.25) is 0 Å². The van der Waals surface area contributed by atoms with Crippen LogP contribution in [0.5, 0.6) is 5.75 Å². The van der Waals surface area contributed by atoms with Crippen molar-refractivity contribution in [1.29, 1.82) is 0 Å². The fourth-order valence-electron chi connectivity index (χ4n) is 2.41. The molecular formula is C19H23FN2OS. The van der Waals surface area contributed by atoms with Gasteiger partial charge in [-0.1, -0.05) is 26.0 Å². The van der Waals surface area contributed by atoms with Gasteiger partial charge in [-0.25, -0.2) is 4.39 Å². The lowest BCUT2D eigenvalue weighted by Gasteiger charge is -2.25. The Morgan fingerprint density at radius 2 is 1.71 bits per heavy atom. The maximum Gasteiger partial charge on any atom is 0.171 e. The highest BCUT2D eigenvalue weighted by Crippen LogP contribution is 2.22. The molecule has 0 aromatic heterocycles. The van der Waals surface area contributed by atoms with Crippen molar-refractivity contribution in [2.75, 3.05) is 11.9 Å². The highest BCUT2D eigenvalue weighted by atomic mass is 32.1. The summed E-state index contributed by atoms with van der Waals surface area (Å²) in [7, 11) is 0. The zero-order valence-electron chi connectivity index (χ0n) is 14.2. The molecule has 2 rings (SSSR count). The summed E-state index contributed by atoms with van der Waals surface area (Å²) in [6.45, 7) is 6.79. The third-order valence-electron chi connectivity index (χ3n) is 3.61. The molecule has 0 spiro atoms. The molecule has 24 heavy (non-hydrogen) atoms. The zero-order valence-corrected chi connectivity index (χ0v) is 15.0. The number of thiocarbonyl (C=S) groups is 1. The van der Waals surface area contributed by atoms with Crippen LogP contribution in [0, 0.1) is 11.7 Å². The predicted molar refractivity (Wildman–Crippen MR) is 101 cm³/mol. The van der Waals surface area contributed by atoms with Gasteiger partial charge in [0.1, 0.15) is 11.6 Å². The standard InChI is InChI=1S/C19H23FN2OS/c1-4-23-17-11-9-16(10-12-17)21-19(24)22-18(13(2)3)14-5-7-15(20)8-6-14/h5-13,18H,4H2,1-3H3,(H2,21,22,24)/t18-/m0/s1. The van der Waals surface area contributed by atoms with Gasteiger partial charge in [-0.2, -0.15) is 0 Å². The second-order valence-electron chi connectivity index (χ2n) is 5.83. The molecule has 2 aromatic rings. The normalized spacial score (nSPS) is 11.9. The average molecular weight is 346 g/mol. The maximum atomic E-state index is 13.1. The number of rotatable bonds is 6. The van der Waals surface area contributed by atoms with Crippen molar-refractivity contribution < 1.29 is 9.13 Å². The fourth-order valence-corrected chi connectivity index (χ4v) is 2.66. The molecule has 0 aliphatic carbocycles. The molecular weight excluding hydrogens is 323 g/mol. The van der Waals surface area contributed by atoms with Crippen LogP contribution in [0.1, 0.15) is 32.4 Å². The molecule has 0 aliphatic heterocycles. The highest BCUT2D eigenvalue weighted by Gasteiger charge is 2.17. The molecule has 0 heterocycles. The molecule has 0 fully saturated rings. The van der Waals surface area contributed by atoms with E-state index in [0.29, 0.717) is 17.6 Å². The number of hydrogen-bond donors (Lipinski definition) is 2. The van der Waals surface area contributed by atoms with Gasteiger partial charge >= 0.3 is 0 Å². The van der Waals surface area contributed by atoms with E-state index >= 15 is 0 Å². The summed E-state index contributed by atoms with van der Waals surface area (Å²) in [5.74, 6) is 0.889. The molecule has 1 atom stereocenters. The Morgan fingerprint density at radius 3 is 2.25 bits per heavy atom. The van der Waals surface area contributed by atoms with Gasteiger partial charge in [0.2, 0.25) is 0 Å². The molecule has 0 saturated heterocycles. The molecule has 0 bridgehead atoms. The summed E-state index contributed by atoms with van der Waals surface area (Å²) in [5, 5.41) is 7.01. The lowest BCUT2D eigenvalue weighted by molar-refractivity contribution is 0.340. The van der Waals surface area contributed by atoms with Gasteiger partial charge in [-0.05, 0) is 67.0 Å². The number of anilines is 1. The summed E-state index contributed by atoms with van der Waals surface area (Å²) < 4.78 is 18.5. The fraction of sp³-hybridized carbons (Fsp3) is 0.316. The molecule has 128 valence electrons. The third-order valence-corrected chi connectivity index (χ3v) is 3.83. The second-order valence-corrected chi connectivity index (χ2v) is 6.24. The summed E-state index contributed by atoms with van der Waals surface area (Å²) in [5.41, 5.74) is 1.89. The van der Waals surface area contributed by atoms with Crippen molar-refractivity contribution in [3.8, 4) is 5.75 Å². The van der Waals surface area contributed by atoms with Crippen LogP contribution in [0.25, 0.3) is 0 Å². The highest BCUT2D eigenvalue weighted by molar-refractivity contribution is 7.80. The molecule has 3 nitrogen and oxygen atoms in total. The topological polar surface area (TPSA) is 33.3 Å². The van der Waals surface area contributed by atoms with Crippen molar-refractivity contribution in [1.82, 2.24) is 5.32 Å². The van der Waals surface area contributed by atoms with Crippen LogP contribution in [0.4, 0.5) is 10.1 Å². The molecule has 0 amide bonds. The van der Waals surface area contributed by atoms with Gasteiger partial charge in [0.25, 0.3) is 0 Å².